The first kappa shape index (κ1) is 26.6. The van der Waals surface area contributed by atoms with E-state index in [0.717, 1.165) is 6.07 Å². The molecule has 4 atom stereocenters. The highest BCUT2D eigenvalue weighted by molar-refractivity contribution is 5.95. The monoisotopic (exact) mass is 513 g/mol. The number of rotatable bonds is 7. The Bertz CT molecular complexity index is 1270. The molecule has 4 rings (SSSR count). The summed E-state index contributed by atoms with van der Waals surface area (Å²) in [7, 11) is 1.70. The minimum absolute atomic E-state index is 0.0727. The van der Waals surface area contributed by atoms with Crippen LogP contribution in [0.25, 0.3) is 11.3 Å². The number of amides is 1. The number of nitrogens with zero attached hydrogens (tertiary/aromatic N) is 2. The van der Waals surface area contributed by atoms with Crippen LogP contribution in [0.15, 0.2) is 42.6 Å². The van der Waals surface area contributed by atoms with Gasteiger partial charge in [0.05, 0.1) is 29.6 Å². The summed E-state index contributed by atoms with van der Waals surface area (Å²) in [5, 5.41) is 15.4. The summed E-state index contributed by atoms with van der Waals surface area (Å²) in [4.78, 5) is 21.6. The molecule has 37 heavy (non-hydrogen) atoms. The van der Waals surface area contributed by atoms with Crippen molar-refractivity contribution in [3.8, 4) is 11.3 Å². The van der Waals surface area contributed by atoms with E-state index in [2.05, 4.69) is 20.6 Å². The zero-order valence-corrected chi connectivity index (χ0v) is 20.6. The van der Waals surface area contributed by atoms with E-state index in [9.17, 15) is 18.7 Å². The molecule has 1 aliphatic rings. The van der Waals surface area contributed by atoms with Crippen LogP contribution in [-0.4, -0.2) is 46.8 Å². The average Bonchev–Trinajstić information content (AvgIpc) is 2.85. The van der Waals surface area contributed by atoms with Gasteiger partial charge in [-0.2, -0.15) is 0 Å². The van der Waals surface area contributed by atoms with Crippen LogP contribution in [0.5, 0.6) is 0 Å². The Balaban J connectivity index is 1.56. The summed E-state index contributed by atoms with van der Waals surface area (Å²) >= 11 is 0. The number of aromatic nitrogens is 2. The smallest absolute Gasteiger partial charge is 0.254 e. The number of carbonyl (C=O) groups is 1. The highest BCUT2D eigenvalue weighted by Gasteiger charge is 2.31. The van der Waals surface area contributed by atoms with E-state index in [1.807, 2.05) is 0 Å². The SMILES string of the molecule is CNCC(NC(=O)c1ccc(-c2nc(C3CCC(O)C(F)C3)cnc2N)cc1F)c1cc(C)cc(F)c1. The van der Waals surface area contributed by atoms with Gasteiger partial charge in [-0.15, -0.1) is 0 Å². The van der Waals surface area contributed by atoms with Gasteiger partial charge in [0.1, 0.15) is 29.3 Å². The number of nitrogens with one attached hydrogen (secondary N) is 2. The second kappa shape index (κ2) is 11.3. The molecule has 0 aliphatic heterocycles. The number of alkyl halides is 1. The molecule has 0 saturated heterocycles. The molecular weight excluding hydrogens is 483 g/mol. The lowest BCUT2D eigenvalue weighted by molar-refractivity contribution is 0.0363. The number of benzene rings is 2. The highest BCUT2D eigenvalue weighted by Crippen LogP contribution is 2.35. The van der Waals surface area contributed by atoms with Crippen molar-refractivity contribution >= 4 is 11.7 Å². The third-order valence-electron chi connectivity index (χ3n) is 6.64. The predicted octanol–water partition coefficient (Wildman–Crippen LogP) is 3.97. The second-order valence-corrected chi connectivity index (χ2v) is 9.46. The quantitative estimate of drug-likeness (QED) is 0.380. The average molecular weight is 514 g/mol. The number of nitrogens with two attached hydrogens (primary N) is 1. The van der Waals surface area contributed by atoms with Crippen LogP contribution in [0.4, 0.5) is 19.0 Å². The van der Waals surface area contributed by atoms with Gasteiger partial charge >= 0.3 is 0 Å². The summed E-state index contributed by atoms with van der Waals surface area (Å²) in [5.41, 5.74) is 8.14. The second-order valence-electron chi connectivity index (χ2n) is 9.46. The van der Waals surface area contributed by atoms with Crippen LogP contribution in [0.1, 0.15) is 58.4 Å². The molecule has 1 aliphatic carbocycles. The number of aliphatic hydroxyl groups is 1. The molecule has 0 radical (unpaired) electrons. The first-order valence-electron chi connectivity index (χ1n) is 12.1. The van der Waals surface area contributed by atoms with Gasteiger partial charge in [0.2, 0.25) is 0 Å². The van der Waals surface area contributed by atoms with Gasteiger partial charge in [0.15, 0.2) is 0 Å². The number of nitrogen functional groups attached to an aromatic ring is 1. The van der Waals surface area contributed by atoms with Crippen LogP contribution in [0, 0.1) is 18.6 Å². The molecule has 196 valence electrons. The molecule has 7 nitrogen and oxygen atoms in total. The number of aliphatic hydroxyl groups excluding tert-OH is 1. The van der Waals surface area contributed by atoms with Crippen LogP contribution in [0.3, 0.4) is 0 Å². The fourth-order valence-electron chi connectivity index (χ4n) is 4.69. The zero-order valence-electron chi connectivity index (χ0n) is 20.6. The maximum absolute atomic E-state index is 15.1. The van der Waals surface area contributed by atoms with Crippen LogP contribution >= 0.6 is 0 Å². The number of anilines is 1. The number of carbonyl (C=O) groups excluding carboxylic acids is 1. The maximum Gasteiger partial charge on any atom is 0.254 e. The highest BCUT2D eigenvalue weighted by atomic mass is 19.1. The number of likely N-dealkylation sites (N-methyl/N-ethyl adjacent to an activating group) is 1. The standard InChI is InChI=1S/C27H30F3N5O2/c1-14-7-17(9-18(28)8-14)22(12-32-2)35-27(37)19-5-3-16(11-20(19)29)25-26(31)33-13-23(34-25)15-4-6-24(36)21(30)10-15/h3,5,7-9,11,13,15,21-22,24,32,36H,4,6,10,12H2,1-2H3,(H2,31,33)(H,35,37). The molecule has 3 aromatic rings. The van der Waals surface area contributed by atoms with Crippen LogP contribution in [0.2, 0.25) is 0 Å². The summed E-state index contributed by atoms with van der Waals surface area (Å²) in [6.07, 6.45) is 0.122. The molecule has 2 aromatic carbocycles. The number of aryl methyl sites for hydroxylation is 1. The Labute approximate surface area is 213 Å². The molecule has 5 N–H and O–H groups in total. The molecule has 1 fully saturated rings. The van der Waals surface area contributed by atoms with Crippen molar-refractivity contribution in [1.29, 1.82) is 0 Å². The molecule has 0 bridgehead atoms. The predicted molar refractivity (Wildman–Crippen MR) is 135 cm³/mol. The summed E-state index contributed by atoms with van der Waals surface area (Å²) < 4.78 is 43.1. The molecule has 4 unspecified atom stereocenters. The van der Waals surface area contributed by atoms with Crippen molar-refractivity contribution < 1.29 is 23.1 Å². The van der Waals surface area contributed by atoms with Gasteiger partial charge in [-0.25, -0.2) is 23.1 Å². The Morgan fingerprint density at radius 3 is 2.68 bits per heavy atom. The van der Waals surface area contributed by atoms with E-state index >= 15 is 4.39 Å². The van der Waals surface area contributed by atoms with E-state index in [1.165, 1.54) is 30.5 Å². The van der Waals surface area contributed by atoms with Crippen molar-refractivity contribution in [2.24, 2.45) is 0 Å². The molecule has 1 saturated carbocycles. The minimum Gasteiger partial charge on any atom is -0.390 e. The van der Waals surface area contributed by atoms with E-state index in [1.54, 1.807) is 20.0 Å². The molecular formula is C27H30F3N5O2. The molecule has 1 aromatic heterocycles. The molecule has 1 amide bonds. The van der Waals surface area contributed by atoms with Crippen molar-refractivity contribution in [1.82, 2.24) is 20.6 Å². The van der Waals surface area contributed by atoms with Crippen molar-refractivity contribution in [3.63, 3.8) is 0 Å². The Kier molecular flexibility index (Phi) is 8.09. The number of hydrogen-bond donors (Lipinski definition) is 4. The van der Waals surface area contributed by atoms with E-state index in [4.69, 9.17) is 5.73 Å². The third kappa shape index (κ3) is 6.08. The van der Waals surface area contributed by atoms with E-state index in [0.29, 0.717) is 41.8 Å². The molecule has 10 heteroatoms. The zero-order chi connectivity index (χ0) is 26.7. The molecule has 1 heterocycles. The Hall–Kier alpha value is -3.50. The first-order chi connectivity index (χ1) is 17.7. The van der Waals surface area contributed by atoms with Gasteiger partial charge in [0, 0.05) is 18.0 Å². The van der Waals surface area contributed by atoms with Crippen LogP contribution < -0.4 is 16.4 Å². The Morgan fingerprint density at radius 1 is 1.22 bits per heavy atom. The van der Waals surface area contributed by atoms with E-state index in [-0.39, 0.29) is 29.4 Å². The number of halogens is 3. The Morgan fingerprint density at radius 2 is 2.00 bits per heavy atom. The van der Waals surface area contributed by atoms with Crippen molar-refractivity contribution in [2.45, 2.75) is 50.4 Å². The first-order valence-corrected chi connectivity index (χ1v) is 12.1. The lowest BCUT2D eigenvalue weighted by Crippen LogP contribution is -2.35. The lowest BCUT2D eigenvalue weighted by atomic mass is 9.84. The summed E-state index contributed by atoms with van der Waals surface area (Å²) in [5.74, 6) is -2.04. The van der Waals surface area contributed by atoms with Gasteiger partial charge < -0.3 is 21.5 Å². The van der Waals surface area contributed by atoms with Gasteiger partial charge in [-0.3, -0.25) is 4.79 Å². The summed E-state index contributed by atoms with van der Waals surface area (Å²) in [6.45, 7) is 2.06. The fraction of sp³-hybridized carbons (Fsp3) is 0.370. The minimum atomic E-state index is -1.35. The van der Waals surface area contributed by atoms with E-state index < -0.39 is 35.9 Å². The maximum atomic E-state index is 15.1. The van der Waals surface area contributed by atoms with Crippen LogP contribution in [-0.2, 0) is 0 Å². The number of hydrogen-bond acceptors (Lipinski definition) is 6. The van der Waals surface area contributed by atoms with Gasteiger partial charge in [0.25, 0.3) is 5.91 Å². The topological polar surface area (TPSA) is 113 Å². The van der Waals surface area contributed by atoms with Crippen molar-refractivity contribution in [2.75, 3.05) is 19.3 Å². The van der Waals surface area contributed by atoms with Gasteiger partial charge in [-0.05, 0) is 68.6 Å². The molecule has 0 spiro atoms. The van der Waals surface area contributed by atoms with Crippen molar-refractivity contribution in [3.05, 3.63) is 76.6 Å². The summed E-state index contributed by atoms with van der Waals surface area (Å²) in [6, 6.07) is 7.90. The fourth-order valence-corrected chi connectivity index (χ4v) is 4.69. The lowest BCUT2D eigenvalue weighted by Gasteiger charge is -2.28. The van der Waals surface area contributed by atoms with Gasteiger partial charge in [-0.1, -0.05) is 12.1 Å². The third-order valence-corrected chi connectivity index (χ3v) is 6.64. The largest absolute Gasteiger partial charge is 0.390 e. The normalized spacial score (nSPS) is 20.4.